The molecule has 0 aromatic heterocycles. The minimum absolute atomic E-state index is 0.297. The molecule has 1 aromatic rings. The maximum atomic E-state index is 12.5. The SMILES string of the molecule is CC1CCCN1C(=O)CCN1CCNCC1c1cccc(Cl)c1. The minimum Gasteiger partial charge on any atom is -0.340 e. The molecule has 1 aromatic carbocycles. The molecule has 0 spiro atoms. The second-order valence-corrected chi connectivity index (χ2v) is 7.08. The molecule has 4 nitrogen and oxygen atoms in total. The van der Waals surface area contributed by atoms with Gasteiger partial charge in [-0.15, -0.1) is 0 Å². The molecule has 1 N–H and O–H groups in total. The number of nitrogens with one attached hydrogen (secondary N) is 1. The summed E-state index contributed by atoms with van der Waals surface area (Å²) >= 11 is 6.14. The maximum Gasteiger partial charge on any atom is 0.224 e. The Morgan fingerprint density at radius 2 is 2.26 bits per heavy atom. The number of halogens is 1. The highest BCUT2D eigenvalue weighted by Crippen LogP contribution is 2.25. The molecule has 0 saturated carbocycles. The number of likely N-dealkylation sites (tertiary alicyclic amines) is 1. The van der Waals surface area contributed by atoms with Crippen molar-refractivity contribution in [1.29, 1.82) is 0 Å². The first-order valence-corrected chi connectivity index (χ1v) is 9.02. The quantitative estimate of drug-likeness (QED) is 0.919. The summed E-state index contributed by atoms with van der Waals surface area (Å²) in [5.74, 6) is 0.304. The van der Waals surface area contributed by atoms with Crippen LogP contribution in [0.3, 0.4) is 0 Å². The standard InChI is InChI=1S/C18H26ClN3O/c1-14-4-3-9-22(14)18(23)7-10-21-11-8-20-13-17(21)15-5-2-6-16(19)12-15/h2,5-6,12,14,17,20H,3-4,7-11,13H2,1H3. The molecule has 2 aliphatic rings. The number of benzene rings is 1. The van der Waals surface area contributed by atoms with Gasteiger partial charge in [0.2, 0.25) is 5.91 Å². The largest absolute Gasteiger partial charge is 0.340 e. The van der Waals surface area contributed by atoms with Crippen LogP contribution in [0.2, 0.25) is 5.02 Å². The number of hydrogen-bond acceptors (Lipinski definition) is 3. The average Bonchev–Trinajstić information content (AvgIpc) is 2.99. The lowest BCUT2D eigenvalue weighted by molar-refractivity contribution is -0.132. The maximum absolute atomic E-state index is 12.5. The predicted octanol–water partition coefficient (Wildman–Crippen LogP) is 2.69. The Hall–Kier alpha value is -1.10. The average molecular weight is 336 g/mol. The molecule has 2 unspecified atom stereocenters. The van der Waals surface area contributed by atoms with Crippen molar-refractivity contribution in [3.63, 3.8) is 0 Å². The number of carbonyl (C=O) groups is 1. The number of piperazine rings is 1. The molecule has 2 fully saturated rings. The van der Waals surface area contributed by atoms with E-state index in [0.29, 0.717) is 24.4 Å². The predicted molar refractivity (Wildman–Crippen MR) is 93.7 cm³/mol. The topological polar surface area (TPSA) is 35.6 Å². The molecule has 2 atom stereocenters. The van der Waals surface area contributed by atoms with E-state index in [1.54, 1.807) is 0 Å². The van der Waals surface area contributed by atoms with Crippen molar-refractivity contribution in [1.82, 2.24) is 15.1 Å². The zero-order chi connectivity index (χ0) is 16.2. The van der Waals surface area contributed by atoms with E-state index in [1.165, 1.54) is 5.56 Å². The van der Waals surface area contributed by atoms with Gasteiger partial charge in [-0.05, 0) is 37.5 Å². The van der Waals surface area contributed by atoms with Crippen LogP contribution >= 0.6 is 11.6 Å². The molecule has 23 heavy (non-hydrogen) atoms. The third-order valence-electron chi connectivity index (χ3n) is 5.07. The van der Waals surface area contributed by atoms with Gasteiger partial charge >= 0.3 is 0 Å². The fourth-order valence-corrected chi connectivity index (χ4v) is 3.94. The number of carbonyl (C=O) groups excluding carboxylic acids is 1. The highest BCUT2D eigenvalue weighted by atomic mass is 35.5. The van der Waals surface area contributed by atoms with E-state index in [1.807, 2.05) is 18.2 Å². The van der Waals surface area contributed by atoms with E-state index in [4.69, 9.17) is 11.6 Å². The summed E-state index contributed by atoms with van der Waals surface area (Å²) in [6.45, 7) is 6.77. The van der Waals surface area contributed by atoms with Crippen molar-refractivity contribution in [3.05, 3.63) is 34.9 Å². The van der Waals surface area contributed by atoms with Gasteiger partial charge < -0.3 is 10.2 Å². The third kappa shape index (κ3) is 4.06. The minimum atomic E-state index is 0.297. The highest BCUT2D eigenvalue weighted by Gasteiger charge is 2.28. The van der Waals surface area contributed by atoms with E-state index in [9.17, 15) is 4.79 Å². The number of rotatable bonds is 4. The van der Waals surface area contributed by atoms with E-state index in [2.05, 4.69) is 28.1 Å². The van der Waals surface area contributed by atoms with Crippen LogP contribution in [0.4, 0.5) is 0 Å². The van der Waals surface area contributed by atoms with Crippen LogP contribution in [0.5, 0.6) is 0 Å². The first-order chi connectivity index (χ1) is 11.1. The molecule has 1 amide bonds. The Kier molecular flexibility index (Phi) is 5.57. The van der Waals surface area contributed by atoms with E-state index >= 15 is 0 Å². The van der Waals surface area contributed by atoms with Crippen LogP contribution in [0, 0.1) is 0 Å². The fourth-order valence-electron chi connectivity index (χ4n) is 3.74. The lowest BCUT2D eigenvalue weighted by Crippen LogP contribution is -2.47. The van der Waals surface area contributed by atoms with Gasteiger partial charge in [-0.3, -0.25) is 9.69 Å². The smallest absolute Gasteiger partial charge is 0.224 e. The van der Waals surface area contributed by atoms with Crippen LogP contribution in [0.25, 0.3) is 0 Å². The fraction of sp³-hybridized carbons (Fsp3) is 0.611. The Labute approximate surface area is 143 Å². The Bertz CT molecular complexity index is 551. The van der Waals surface area contributed by atoms with Gasteiger partial charge in [-0.1, -0.05) is 23.7 Å². The summed E-state index contributed by atoms with van der Waals surface area (Å²) in [5.41, 5.74) is 1.23. The number of nitrogens with zero attached hydrogens (tertiary/aromatic N) is 2. The second kappa shape index (κ2) is 7.65. The Balaban J connectivity index is 1.61. The van der Waals surface area contributed by atoms with Gasteiger partial charge in [-0.25, -0.2) is 0 Å². The summed E-state index contributed by atoms with van der Waals surface area (Å²) < 4.78 is 0. The zero-order valence-corrected chi connectivity index (χ0v) is 14.6. The van der Waals surface area contributed by atoms with Gasteiger partial charge in [0.1, 0.15) is 0 Å². The lowest BCUT2D eigenvalue weighted by atomic mass is 10.0. The van der Waals surface area contributed by atoms with Crippen LogP contribution in [-0.2, 0) is 4.79 Å². The van der Waals surface area contributed by atoms with Crippen LogP contribution in [-0.4, -0.2) is 54.5 Å². The van der Waals surface area contributed by atoms with Crippen molar-refractivity contribution in [2.45, 2.75) is 38.3 Å². The van der Waals surface area contributed by atoms with E-state index < -0.39 is 0 Å². The van der Waals surface area contributed by atoms with Gasteiger partial charge in [0, 0.05) is 56.3 Å². The molecular formula is C18H26ClN3O. The summed E-state index contributed by atoms with van der Waals surface area (Å²) in [5, 5.41) is 4.23. The van der Waals surface area contributed by atoms with E-state index in [0.717, 1.165) is 50.6 Å². The second-order valence-electron chi connectivity index (χ2n) is 6.64. The van der Waals surface area contributed by atoms with Gasteiger partial charge in [0.15, 0.2) is 0 Å². The summed E-state index contributed by atoms with van der Waals surface area (Å²) in [6.07, 6.45) is 2.90. The van der Waals surface area contributed by atoms with Crippen molar-refractivity contribution in [2.75, 3.05) is 32.7 Å². The van der Waals surface area contributed by atoms with Crippen molar-refractivity contribution in [2.24, 2.45) is 0 Å². The summed E-state index contributed by atoms with van der Waals surface area (Å²) in [6, 6.07) is 8.78. The Morgan fingerprint density at radius 3 is 3.00 bits per heavy atom. The first kappa shape index (κ1) is 16.7. The molecule has 5 heteroatoms. The molecule has 2 saturated heterocycles. The third-order valence-corrected chi connectivity index (χ3v) is 5.31. The number of hydrogen-bond donors (Lipinski definition) is 1. The van der Waals surface area contributed by atoms with Crippen LogP contribution in [0.1, 0.15) is 37.8 Å². The normalized spacial score (nSPS) is 25.7. The molecule has 126 valence electrons. The highest BCUT2D eigenvalue weighted by molar-refractivity contribution is 6.30. The molecule has 2 aliphatic heterocycles. The lowest BCUT2D eigenvalue weighted by Gasteiger charge is -2.37. The van der Waals surface area contributed by atoms with Crippen molar-refractivity contribution < 1.29 is 4.79 Å². The van der Waals surface area contributed by atoms with Crippen molar-refractivity contribution >= 4 is 17.5 Å². The van der Waals surface area contributed by atoms with Crippen LogP contribution in [0.15, 0.2) is 24.3 Å². The first-order valence-electron chi connectivity index (χ1n) is 8.65. The van der Waals surface area contributed by atoms with Gasteiger partial charge in [-0.2, -0.15) is 0 Å². The molecule has 0 aliphatic carbocycles. The van der Waals surface area contributed by atoms with Crippen LogP contribution < -0.4 is 5.32 Å². The van der Waals surface area contributed by atoms with E-state index in [-0.39, 0.29) is 0 Å². The molecular weight excluding hydrogens is 310 g/mol. The number of amides is 1. The summed E-state index contributed by atoms with van der Waals surface area (Å²) in [4.78, 5) is 16.9. The monoisotopic (exact) mass is 335 g/mol. The molecule has 3 rings (SSSR count). The van der Waals surface area contributed by atoms with Gasteiger partial charge in [0.05, 0.1) is 0 Å². The summed E-state index contributed by atoms with van der Waals surface area (Å²) in [7, 11) is 0. The molecule has 0 bridgehead atoms. The molecule has 2 heterocycles. The molecule has 0 radical (unpaired) electrons. The Morgan fingerprint density at radius 1 is 1.39 bits per heavy atom. The van der Waals surface area contributed by atoms with Crippen molar-refractivity contribution in [3.8, 4) is 0 Å². The zero-order valence-electron chi connectivity index (χ0n) is 13.8. The van der Waals surface area contributed by atoms with Gasteiger partial charge in [0.25, 0.3) is 0 Å².